The van der Waals surface area contributed by atoms with Crippen LogP contribution in [0.5, 0.6) is 0 Å². The van der Waals surface area contributed by atoms with E-state index < -0.39 is 0 Å². The molecule has 0 amide bonds. The standard InChI is InChI=1S/C7H12N2O/c1-2-6(5-8)7-9-3-4-10-7/h5H,2-4,8H2,1H3/b6-5-. The average molecular weight is 140 g/mol. The second kappa shape index (κ2) is 3.25. The molecule has 1 rings (SSSR count). The van der Waals surface area contributed by atoms with Crippen molar-refractivity contribution >= 4 is 5.90 Å². The van der Waals surface area contributed by atoms with Gasteiger partial charge in [-0.2, -0.15) is 0 Å². The van der Waals surface area contributed by atoms with Gasteiger partial charge in [-0.3, -0.25) is 0 Å². The summed E-state index contributed by atoms with van der Waals surface area (Å²) in [5, 5.41) is 0. The van der Waals surface area contributed by atoms with E-state index in [1.165, 1.54) is 0 Å². The maximum Gasteiger partial charge on any atom is 0.213 e. The lowest BCUT2D eigenvalue weighted by Gasteiger charge is -2.01. The minimum Gasteiger partial charge on any atom is -0.476 e. The minimum absolute atomic E-state index is 0.701. The van der Waals surface area contributed by atoms with Crippen LogP contribution >= 0.6 is 0 Å². The third kappa shape index (κ3) is 1.29. The summed E-state index contributed by atoms with van der Waals surface area (Å²) in [4.78, 5) is 4.12. The Hall–Kier alpha value is -0.990. The Labute approximate surface area is 60.6 Å². The third-order valence-corrected chi connectivity index (χ3v) is 1.44. The highest BCUT2D eigenvalue weighted by atomic mass is 16.5. The first-order valence-corrected chi connectivity index (χ1v) is 3.47. The zero-order valence-corrected chi connectivity index (χ0v) is 6.13. The van der Waals surface area contributed by atoms with Crippen LogP contribution in [0, 0.1) is 0 Å². The smallest absolute Gasteiger partial charge is 0.213 e. The summed E-state index contributed by atoms with van der Waals surface area (Å²) in [6.07, 6.45) is 2.44. The summed E-state index contributed by atoms with van der Waals surface area (Å²) >= 11 is 0. The molecule has 1 heterocycles. The molecule has 1 aliphatic heterocycles. The van der Waals surface area contributed by atoms with Crippen molar-refractivity contribution in [3.8, 4) is 0 Å². The van der Waals surface area contributed by atoms with Crippen LogP contribution in [0.4, 0.5) is 0 Å². The Kier molecular flexibility index (Phi) is 2.31. The molecule has 0 spiro atoms. The maximum absolute atomic E-state index is 5.34. The van der Waals surface area contributed by atoms with Gasteiger partial charge in [0.25, 0.3) is 0 Å². The molecule has 0 aliphatic carbocycles. The van der Waals surface area contributed by atoms with Crippen molar-refractivity contribution in [2.75, 3.05) is 13.2 Å². The van der Waals surface area contributed by atoms with Gasteiger partial charge in [-0.1, -0.05) is 6.92 Å². The zero-order valence-electron chi connectivity index (χ0n) is 6.13. The predicted octanol–water partition coefficient (Wildman–Crippen LogP) is 0.668. The van der Waals surface area contributed by atoms with E-state index in [-0.39, 0.29) is 0 Å². The second-order valence-corrected chi connectivity index (χ2v) is 2.08. The summed E-state index contributed by atoms with van der Waals surface area (Å²) in [6, 6.07) is 0. The quantitative estimate of drug-likeness (QED) is 0.612. The first kappa shape index (κ1) is 7.12. The maximum atomic E-state index is 5.34. The molecule has 10 heavy (non-hydrogen) atoms. The molecular formula is C7H12N2O. The Morgan fingerprint density at radius 2 is 2.70 bits per heavy atom. The molecule has 2 N–H and O–H groups in total. The molecule has 0 unspecified atom stereocenters. The number of hydrogen-bond donors (Lipinski definition) is 1. The fourth-order valence-electron chi connectivity index (χ4n) is 0.870. The highest BCUT2D eigenvalue weighted by Crippen LogP contribution is 2.07. The van der Waals surface area contributed by atoms with Gasteiger partial charge in [0.2, 0.25) is 5.90 Å². The van der Waals surface area contributed by atoms with Gasteiger partial charge < -0.3 is 10.5 Å². The van der Waals surface area contributed by atoms with Crippen LogP contribution in [0.15, 0.2) is 16.8 Å². The first-order valence-electron chi connectivity index (χ1n) is 3.47. The average Bonchev–Trinajstić information content (AvgIpc) is 2.43. The van der Waals surface area contributed by atoms with Crippen molar-refractivity contribution in [1.29, 1.82) is 0 Å². The lowest BCUT2D eigenvalue weighted by molar-refractivity contribution is 0.346. The van der Waals surface area contributed by atoms with Crippen LogP contribution in [-0.2, 0) is 4.74 Å². The fourth-order valence-corrected chi connectivity index (χ4v) is 0.870. The van der Waals surface area contributed by atoms with E-state index >= 15 is 0 Å². The normalized spacial score (nSPS) is 18.5. The van der Waals surface area contributed by atoms with Crippen LogP contribution in [0.1, 0.15) is 13.3 Å². The molecule has 0 aromatic heterocycles. The minimum atomic E-state index is 0.701. The van der Waals surface area contributed by atoms with Crippen molar-refractivity contribution in [2.45, 2.75) is 13.3 Å². The Morgan fingerprint density at radius 1 is 1.90 bits per heavy atom. The van der Waals surface area contributed by atoms with Crippen LogP contribution in [0.25, 0.3) is 0 Å². The SMILES string of the molecule is CC/C(=C/N)C1=NCCO1. The first-order chi connectivity index (χ1) is 4.88. The molecule has 0 radical (unpaired) electrons. The Morgan fingerprint density at radius 3 is 3.10 bits per heavy atom. The zero-order chi connectivity index (χ0) is 7.40. The lowest BCUT2D eigenvalue weighted by Crippen LogP contribution is -2.04. The summed E-state index contributed by atoms with van der Waals surface area (Å²) in [5.41, 5.74) is 6.34. The van der Waals surface area contributed by atoms with Crippen LogP contribution in [-0.4, -0.2) is 19.0 Å². The van der Waals surface area contributed by atoms with E-state index in [4.69, 9.17) is 10.5 Å². The molecule has 56 valence electrons. The molecule has 1 aliphatic rings. The van der Waals surface area contributed by atoms with Gasteiger partial charge in [-0.05, 0) is 6.42 Å². The number of ether oxygens (including phenoxy) is 1. The largest absolute Gasteiger partial charge is 0.476 e. The molecule has 0 aromatic rings. The van der Waals surface area contributed by atoms with E-state index in [1.54, 1.807) is 6.20 Å². The van der Waals surface area contributed by atoms with Crippen LogP contribution in [0.2, 0.25) is 0 Å². The van der Waals surface area contributed by atoms with Crippen LogP contribution < -0.4 is 5.73 Å². The molecule has 0 bridgehead atoms. The van der Waals surface area contributed by atoms with Gasteiger partial charge in [0.05, 0.1) is 6.54 Å². The monoisotopic (exact) mass is 140 g/mol. The van der Waals surface area contributed by atoms with Gasteiger partial charge in [0.15, 0.2) is 0 Å². The van der Waals surface area contributed by atoms with E-state index in [2.05, 4.69) is 4.99 Å². The summed E-state index contributed by atoms with van der Waals surface area (Å²) in [5.74, 6) is 0.727. The Bertz CT molecular complexity index is 172. The number of rotatable bonds is 2. The van der Waals surface area contributed by atoms with Gasteiger partial charge in [-0.25, -0.2) is 4.99 Å². The number of hydrogen-bond acceptors (Lipinski definition) is 3. The predicted molar refractivity (Wildman–Crippen MR) is 40.8 cm³/mol. The highest BCUT2D eigenvalue weighted by molar-refractivity contribution is 5.94. The Balaban J connectivity index is 2.62. The molecule has 0 aromatic carbocycles. The van der Waals surface area contributed by atoms with E-state index in [9.17, 15) is 0 Å². The summed E-state index contributed by atoms with van der Waals surface area (Å²) in [6.45, 7) is 3.50. The number of aliphatic imine (C=N–C) groups is 1. The van der Waals surface area contributed by atoms with Crippen LogP contribution in [0.3, 0.4) is 0 Å². The molecule has 0 atom stereocenters. The van der Waals surface area contributed by atoms with E-state index in [1.807, 2.05) is 6.92 Å². The highest BCUT2D eigenvalue weighted by Gasteiger charge is 2.09. The number of nitrogens with two attached hydrogens (primary N) is 1. The second-order valence-electron chi connectivity index (χ2n) is 2.08. The molecular weight excluding hydrogens is 128 g/mol. The van der Waals surface area contributed by atoms with E-state index in [0.717, 1.165) is 24.4 Å². The van der Waals surface area contributed by atoms with E-state index in [0.29, 0.717) is 6.61 Å². The van der Waals surface area contributed by atoms with Crippen molar-refractivity contribution < 1.29 is 4.74 Å². The molecule has 3 heteroatoms. The lowest BCUT2D eigenvalue weighted by atomic mass is 10.2. The van der Waals surface area contributed by atoms with Crippen molar-refractivity contribution in [2.24, 2.45) is 10.7 Å². The van der Waals surface area contributed by atoms with Crippen molar-refractivity contribution in [3.05, 3.63) is 11.8 Å². The van der Waals surface area contributed by atoms with Crippen molar-refractivity contribution in [3.63, 3.8) is 0 Å². The van der Waals surface area contributed by atoms with Gasteiger partial charge in [0, 0.05) is 11.8 Å². The third-order valence-electron chi connectivity index (χ3n) is 1.44. The van der Waals surface area contributed by atoms with Gasteiger partial charge >= 0.3 is 0 Å². The summed E-state index contributed by atoms with van der Waals surface area (Å²) < 4.78 is 5.20. The number of nitrogens with zero attached hydrogens (tertiary/aromatic N) is 1. The summed E-state index contributed by atoms with van der Waals surface area (Å²) in [7, 11) is 0. The molecule has 0 fully saturated rings. The molecule has 0 saturated heterocycles. The van der Waals surface area contributed by atoms with Gasteiger partial charge in [-0.15, -0.1) is 0 Å². The van der Waals surface area contributed by atoms with Crippen molar-refractivity contribution in [1.82, 2.24) is 0 Å². The molecule has 3 nitrogen and oxygen atoms in total. The fraction of sp³-hybridized carbons (Fsp3) is 0.571. The van der Waals surface area contributed by atoms with Gasteiger partial charge in [0.1, 0.15) is 6.61 Å². The topological polar surface area (TPSA) is 47.6 Å². The molecule has 0 saturated carbocycles.